The van der Waals surface area contributed by atoms with Crippen LogP contribution in [0.15, 0.2) is 47.6 Å². The van der Waals surface area contributed by atoms with Gasteiger partial charge in [0.05, 0.1) is 25.5 Å². The molecule has 0 bridgehead atoms. The van der Waals surface area contributed by atoms with Gasteiger partial charge in [0.1, 0.15) is 0 Å². The van der Waals surface area contributed by atoms with Gasteiger partial charge < -0.3 is 9.47 Å². The van der Waals surface area contributed by atoms with E-state index in [-0.39, 0.29) is 5.91 Å². The zero-order chi connectivity index (χ0) is 18.9. The molecule has 26 heavy (non-hydrogen) atoms. The summed E-state index contributed by atoms with van der Waals surface area (Å²) in [6.45, 7) is 3.99. The fraction of sp³-hybridized carbons (Fsp3) is 0.300. The molecular formula is C20H21ClN2O3. The summed E-state index contributed by atoms with van der Waals surface area (Å²) in [5.41, 5.74) is 1.80. The number of benzene rings is 2. The van der Waals surface area contributed by atoms with E-state index in [0.717, 1.165) is 11.3 Å². The number of nitrogens with zero attached hydrogens (tertiary/aromatic N) is 2. The Labute approximate surface area is 158 Å². The molecule has 136 valence electrons. The molecule has 1 aliphatic heterocycles. The third-order valence-electron chi connectivity index (χ3n) is 4.37. The maximum atomic E-state index is 12.9. The maximum Gasteiger partial charge on any atom is 0.274 e. The molecule has 5 nitrogen and oxygen atoms in total. The zero-order valence-electron chi connectivity index (χ0n) is 15.2. The molecule has 2 aromatic rings. The first-order chi connectivity index (χ1) is 12.4. The van der Waals surface area contributed by atoms with Crippen molar-refractivity contribution in [3.05, 3.63) is 58.6 Å². The smallest absolute Gasteiger partial charge is 0.274 e. The van der Waals surface area contributed by atoms with Crippen LogP contribution in [0.2, 0.25) is 5.02 Å². The Bertz CT molecular complexity index is 877. The van der Waals surface area contributed by atoms with Crippen molar-refractivity contribution < 1.29 is 14.3 Å². The molecule has 3 rings (SSSR count). The van der Waals surface area contributed by atoms with Gasteiger partial charge in [0.15, 0.2) is 11.5 Å². The van der Waals surface area contributed by atoms with Crippen LogP contribution in [0.1, 0.15) is 36.2 Å². The standard InChI is InChI=1S/C20H21ClN2O3/c1-20(2)12-16(13-8-9-17(25-3)18(11-13)26-4)22-23(20)19(24)14-6-5-7-15(21)10-14/h5-11H,12H2,1-4H3. The van der Waals surface area contributed by atoms with Crippen molar-refractivity contribution in [1.29, 1.82) is 0 Å². The van der Waals surface area contributed by atoms with Gasteiger partial charge in [-0.1, -0.05) is 17.7 Å². The van der Waals surface area contributed by atoms with E-state index in [1.54, 1.807) is 38.5 Å². The highest BCUT2D eigenvalue weighted by atomic mass is 35.5. The third kappa shape index (κ3) is 3.40. The second kappa shape index (κ2) is 7.00. The molecule has 1 heterocycles. The molecule has 6 heteroatoms. The second-order valence-electron chi connectivity index (χ2n) is 6.73. The lowest BCUT2D eigenvalue weighted by atomic mass is 9.94. The maximum absolute atomic E-state index is 12.9. The van der Waals surface area contributed by atoms with Crippen LogP contribution in [0.5, 0.6) is 11.5 Å². The third-order valence-corrected chi connectivity index (χ3v) is 4.61. The van der Waals surface area contributed by atoms with Crippen molar-refractivity contribution >= 4 is 23.2 Å². The van der Waals surface area contributed by atoms with E-state index in [4.69, 9.17) is 21.1 Å². The second-order valence-corrected chi connectivity index (χ2v) is 7.17. The van der Waals surface area contributed by atoms with Crippen LogP contribution in [0.4, 0.5) is 0 Å². The Kier molecular flexibility index (Phi) is 4.92. The quantitative estimate of drug-likeness (QED) is 0.799. The summed E-state index contributed by atoms with van der Waals surface area (Å²) < 4.78 is 10.7. The molecule has 0 fully saturated rings. The van der Waals surface area contributed by atoms with E-state index in [1.807, 2.05) is 32.0 Å². The minimum Gasteiger partial charge on any atom is -0.493 e. The lowest BCUT2D eigenvalue weighted by Crippen LogP contribution is -2.40. The summed E-state index contributed by atoms with van der Waals surface area (Å²) in [7, 11) is 3.19. The fourth-order valence-corrected chi connectivity index (χ4v) is 3.21. The average molecular weight is 373 g/mol. The lowest BCUT2D eigenvalue weighted by molar-refractivity contribution is 0.0612. The highest BCUT2D eigenvalue weighted by Crippen LogP contribution is 2.34. The Morgan fingerprint density at radius 1 is 1.12 bits per heavy atom. The van der Waals surface area contributed by atoms with Crippen molar-refractivity contribution in [2.45, 2.75) is 25.8 Å². The summed E-state index contributed by atoms with van der Waals surface area (Å²) in [5, 5.41) is 6.67. The van der Waals surface area contributed by atoms with E-state index >= 15 is 0 Å². The number of ether oxygens (including phenoxy) is 2. The highest BCUT2D eigenvalue weighted by molar-refractivity contribution is 6.31. The molecule has 0 spiro atoms. The Morgan fingerprint density at radius 3 is 2.50 bits per heavy atom. The number of amides is 1. The van der Waals surface area contributed by atoms with Gasteiger partial charge in [-0.25, -0.2) is 5.01 Å². The number of methoxy groups -OCH3 is 2. The zero-order valence-corrected chi connectivity index (χ0v) is 16.0. The molecule has 0 radical (unpaired) electrons. The van der Waals surface area contributed by atoms with Gasteiger partial charge in [-0.2, -0.15) is 5.10 Å². The number of hydrogen-bond acceptors (Lipinski definition) is 4. The van der Waals surface area contributed by atoms with Crippen LogP contribution in [-0.4, -0.2) is 36.4 Å². The van der Waals surface area contributed by atoms with Crippen molar-refractivity contribution in [3.8, 4) is 11.5 Å². The van der Waals surface area contributed by atoms with Crippen LogP contribution < -0.4 is 9.47 Å². The van der Waals surface area contributed by atoms with Crippen molar-refractivity contribution in [2.75, 3.05) is 14.2 Å². The van der Waals surface area contributed by atoms with Gasteiger partial charge >= 0.3 is 0 Å². The van der Waals surface area contributed by atoms with Gasteiger partial charge in [0, 0.05) is 22.6 Å². The van der Waals surface area contributed by atoms with Crippen LogP contribution in [0.3, 0.4) is 0 Å². The molecule has 0 aliphatic carbocycles. The van der Waals surface area contributed by atoms with Crippen LogP contribution in [0, 0.1) is 0 Å². The topological polar surface area (TPSA) is 51.1 Å². The molecule has 0 aromatic heterocycles. The van der Waals surface area contributed by atoms with Gasteiger partial charge in [-0.05, 0) is 50.2 Å². The minimum atomic E-state index is -0.443. The number of carbonyl (C=O) groups is 1. The first-order valence-corrected chi connectivity index (χ1v) is 8.63. The fourth-order valence-electron chi connectivity index (χ4n) is 3.02. The number of halogens is 1. The predicted octanol–water partition coefficient (Wildman–Crippen LogP) is 4.39. The monoisotopic (exact) mass is 372 g/mol. The number of carbonyl (C=O) groups excluding carboxylic acids is 1. The summed E-state index contributed by atoms with van der Waals surface area (Å²) in [6.07, 6.45) is 0.634. The first-order valence-electron chi connectivity index (χ1n) is 8.26. The van der Waals surface area contributed by atoms with E-state index in [2.05, 4.69) is 5.10 Å². The Balaban J connectivity index is 1.96. The van der Waals surface area contributed by atoms with Gasteiger partial charge in [-0.15, -0.1) is 0 Å². The number of rotatable bonds is 4. The van der Waals surface area contributed by atoms with Gasteiger partial charge in [0.25, 0.3) is 5.91 Å². The van der Waals surface area contributed by atoms with E-state index in [0.29, 0.717) is 28.5 Å². The average Bonchev–Trinajstić information content (AvgIpc) is 2.95. The predicted molar refractivity (Wildman–Crippen MR) is 102 cm³/mol. The molecule has 0 atom stereocenters. The van der Waals surface area contributed by atoms with Crippen molar-refractivity contribution in [2.24, 2.45) is 5.10 Å². The summed E-state index contributed by atoms with van der Waals surface area (Å²) >= 11 is 6.02. The van der Waals surface area contributed by atoms with Gasteiger partial charge in [0.2, 0.25) is 0 Å². The lowest BCUT2D eigenvalue weighted by Gasteiger charge is -2.28. The highest BCUT2D eigenvalue weighted by Gasteiger charge is 2.39. The summed E-state index contributed by atoms with van der Waals surface area (Å²) in [5.74, 6) is 1.11. The molecule has 0 saturated carbocycles. The Hall–Kier alpha value is -2.53. The first kappa shape index (κ1) is 18.3. The number of hydrazone groups is 1. The SMILES string of the molecule is COc1ccc(C2=NN(C(=O)c3cccc(Cl)c3)C(C)(C)C2)cc1OC. The molecule has 1 aliphatic rings. The van der Waals surface area contributed by atoms with Crippen molar-refractivity contribution in [3.63, 3.8) is 0 Å². The summed E-state index contributed by atoms with van der Waals surface area (Å²) in [6, 6.07) is 12.5. The Morgan fingerprint density at radius 2 is 1.85 bits per heavy atom. The molecule has 1 amide bonds. The molecule has 2 aromatic carbocycles. The van der Waals surface area contributed by atoms with Crippen LogP contribution in [-0.2, 0) is 0 Å². The molecule has 0 N–H and O–H groups in total. The van der Waals surface area contributed by atoms with E-state index in [9.17, 15) is 4.79 Å². The van der Waals surface area contributed by atoms with Gasteiger partial charge in [-0.3, -0.25) is 4.79 Å². The normalized spacial score (nSPS) is 15.6. The molecule has 0 unspecified atom stereocenters. The van der Waals surface area contributed by atoms with Crippen molar-refractivity contribution in [1.82, 2.24) is 5.01 Å². The molecular weight excluding hydrogens is 352 g/mol. The summed E-state index contributed by atoms with van der Waals surface area (Å²) in [4.78, 5) is 12.9. The van der Waals surface area contributed by atoms with E-state index < -0.39 is 5.54 Å². The van der Waals surface area contributed by atoms with Crippen LogP contribution in [0.25, 0.3) is 0 Å². The number of hydrogen-bond donors (Lipinski definition) is 0. The largest absolute Gasteiger partial charge is 0.493 e. The molecule has 0 saturated heterocycles. The van der Waals surface area contributed by atoms with Crippen LogP contribution >= 0.6 is 11.6 Å². The minimum absolute atomic E-state index is 0.173. The van der Waals surface area contributed by atoms with E-state index in [1.165, 1.54) is 5.01 Å².